The minimum absolute atomic E-state index is 0.191. The van der Waals surface area contributed by atoms with E-state index >= 15 is 0 Å². The van der Waals surface area contributed by atoms with Crippen molar-refractivity contribution in [3.05, 3.63) is 47.0 Å². The summed E-state index contributed by atoms with van der Waals surface area (Å²) in [5.74, 6) is 0.147. The molecule has 0 fully saturated rings. The van der Waals surface area contributed by atoms with E-state index in [4.69, 9.17) is 4.74 Å². The first-order valence-electron chi connectivity index (χ1n) is 6.81. The summed E-state index contributed by atoms with van der Waals surface area (Å²) in [7, 11) is 1.45. The van der Waals surface area contributed by atoms with Crippen LogP contribution in [0.2, 0.25) is 0 Å². The second-order valence-electron chi connectivity index (χ2n) is 5.41. The van der Waals surface area contributed by atoms with Gasteiger partial charge in [-0.15, -0.1) is 0 Å². The lowest BCUT2D eigenvalue weighted by molar-refractivity contribution is -0.136. The normalized spacial score (nSPS) is 26.1. The fourth-order valence-corrected chi connectivity index (χ4v) is 3.39. The van der Waals surface area contributed by atoms with Gasteiger partial charge in [0.2, 0.25) is 0 Å². The molecule has 3 nitrogen and oxygen atoms in total. The second-order valence-corrected chi connectivity index (χ2v) is 5.41. The van der Waals surface area contributed by atoms with Gasteiger partial charge in [0.15, 0.2) is 0 Å². The highest BCUT2D eigenvalue weighted by Crippen LogP contribution is 2.39. The molecule has 2 heterocycles. The molecule has 1 aromatic rings. The molecular weight excluding hydrogens is 238 g/mol. The highest BCUT2D eigenvalue weighted by atomic mass is 16.5. The minimum Gasteiger partial charge on any atom is -0.466 e. The third kappa shape index (κ3) is 2.08. The van der Waals surface area contributed by atoms with Crippen molar-refractivity contribution in [3.63, 3.8) is 0 Å². The maximum Gasteiger partial charge on any atom is 0.334 e. The molecule has 0 saturated carbocycles. The van der Waals surface area contributed by atoms with Crippen molar-refractivity contribution < 1.29 is 9.53 Å². The predicted molar refractivity (Wildman–Crippen MR) is 73.7 cm³/mol. The summed E-state index contributed by atoms with van der Waals surface area (Å²) in [6.45, 7) is 3.90. The highest BCUT2D eigenvalue weighted by molar-refractivity contribution is 5.89. The lowest BCUT2D eigenvalue weighted by atomic mass is 9.82. The van der Waals surface area contributed by atoms with E-state index in [9.17, 15) is 4.79 Å². The van der Waals surface area contributed by atoms with E-state index in [0.717, 1.165) is 18.5 Å². The van der Waals surface area contributed by atoms with Crippen molar-refractivity contribution in [2.45, 2.75) is 19.4 Å². The molecule has 1 aromatic carbocycles. The van der Waals surface area contributed by atoms with Crippen molar-refractivity contribution >= 4 is 5.97 Å². The van der Waals surface area contributed by atoms with Gasteiger partial charge in [0, 0.05) is 24.7 Å². The van der Waals surface area contributed by atoms with Gasteiger partial charge in [-0.2, -0.15) is 0 Å². The Morgan fingerprint density at radius 3 is 2.95 bits per heavy atom. The summed E-state index contributed by atoms with van der Waals surface area (Å²) >= 11 is 0. The molecule has 0 amide bonds. The van der Waals surface area contributed by atoms with Gasteiger partial charge in [0.05, 0.1) is 7.11 Å². The Labute approximate surface area is 113 Å². The molecule has 0 radical (unpaired) electrons. The average molecular weight is 257 g/mol. The van der Waals surface area contributed by atoms with Gasteiger partial charge in [-0.3, -0.25) is 4.90 Å². The smallest absolute Gasteiger partial charge is 0.334 e. The quantitative estimate of drug-likeness (QED) is 0.723. The summed E-state index contributed by atoms with van der Waals surface area (Å²) < 4.78 is 4.85. The van der Waals surface area contributed by atoms with Crippen LogP contribution in [0.3, 0.4) is 0 Å². The molecule has 100 valence electrons. The van der Waals surface area contributed by atoms with E-state index in [1.807, 2.05) is 0 Å². The largest absolute Gasteiger partial charge is 0.466 e. The minimum atomic E-state index is -0.191. The van der Waals surface area contributed by atoms with E-state index in [1.54, 1.807) is 0 Å². The van der Waals surface area contributed by atoms with Crippen LogP contribution >= 0.6 is 0 Å². The fraction of sp³-hybridized carbons (Fsp3) is 0.438. The van der Waals surface area contributed by atoms with Crippen LogP contribution in [-0.2, 0) is 16.0 Å². The number of esters is 1. The zero-order chi connectivity index (χ0) is 13.4. The summed E-state index contributed by atoms with van der Waals surface area (Å²) in [5.41, 5.74) is 3.66. The standard InChI is InChI=1S/C16H19NO2/c1-11-9-13(16(18)19-2)10-17-8-7-12-5-3-4-6-14(12)15(11)17/h3-6,9,11,15H,7-8,10H2,1-2H3. The number of rotatable bonds is 1. The number of carbonyl (C=O) groups excluding carboxylic acids is 1. The topological polar surface area (TPSA) is 29.5 Å². The van der Waals surface area contributed by atoms with Gasteiger partial charge in [-0.25, -0.2) is 4.79 Å². The maximum atomic E-state index is 11.7. The molecule has 0 N–H and O–H groups in total. The number of hydrogen-bond acceptors (Lipinski definition) is 3. The third-order valence-electron chi connectivity index (χ3n) is 4.22. The molecule has 0 bridgehead atoms. The second kappa shape index (κ2) is 4.82. The Balaban J connectivity index is 1.96. The van der Waals surface area contributed by atoms with Gasteiger partial charge in [-0.05, 0) is 23.5 Å². The fourth-order valence-electron chi connectivity index (χ4n) is 3.39. The number of hydrogen-bond donors (Lipinski definition) is 0. The van der Waals surface area contributed by atoms with Crippen LogP contribution in [0.4, 0.5) is 0 Å². The Morgan fingerprint density at radius 1 is 1.37 bits per heavy atom. The predicted octanol–water partition coefficient (Wildman–Crippen LogP) is 2.33. The molecule has 0 aromatic heterocycles. The number of methoxy groups -OCH3 is 1. The molecule has 2 atom stereocenters. The number of carbonyl (C=O) groups is 1. The van der Waals surface area contributed by atoms with E-state index in [1.165, 1.54) is 18.2 Å². The van der Waals surface area contributed by atoms with Crippen molar-refractivity contribution in [2.24, 2.45) is 5.92 Å². The van der Waals surface area contributed by atoms with Crippen molar-refractivity contribution in [2.75, 3.05) is 20.2 Å². The molecule has 0 aliphatic carbocycles. The van der Waals surface area contributed by atoms with Gasteiger partial charge in [-0.1, -0.05) is 37.3 Å². The summed E-state index contributed by atoms with van der Waals surface area (Å²) in [4.78, 5) is 14.1. The maximum absolute atomic E-state index is 11.7. The number of nitrogens with zero attached hydrogens (tertiary/aromatic N) is 1. The van der Waals surface area contributed by atoms with E-state index in [-0.39, 0.29) is 5.97 Å². The van der Waals surface area contributed by atoms with E-state index < -0.39 is 0 Å². The zero-order valence-corrected chi connectivity index (χ0v) is 11.4. The Morgan fingerprint density at radius 2 is 2.16 bits per heavy atom. The molecule has 0 saturated heterocycles. The first-order chi connectivity index (χ1) is 9.20. The monoisotopic (exact) mass is 257 g/mol. The Bertz CT molecular complexity index is 535. The first kappa shape index (κ1) is 12.4. The molecule has 2 unspecified atom stereocenters. The Kier molecular flexibility index (Phi) is 3.15. The Hall–Kier alpha value is -1.61. The number of ether oxygens (including phenoxy) is 1. The van der Waals surface area contributed by atoms with Gasteiger partial charge < -0.3 is 4.74 Å². The lowest BCUT2D eigenvalue weighted by Crippen LogP contribution is -2.43. The molecular formula is C16H19NO2. The molecule has 3 rings (SSSR count). The third-order valence-corrected chi connectivity index (χ3v) is 4.22. The molecule has 0 spiro atoms. The summed E-state index contributed by atoms with van der Waals surface area (Å²) in [6, 6.07) is 9.06. The number of fused-ring (bicyclic) bond motifs is 3. The van der Waals surface area contributed by atoms with E-state index in [0.29, 0.717) is 18.5 Å². The van der Waals surface area contributed by atoms with Crippen LogP contribution in [0.15, 0.2) is 35.9 Å². The van der Waals surface area contributed by atoms with Crippen LogP contribution < -0.4 is 0 Å². The summed E-state index contributed by atoms with van der Waals surface area (Å²) in [6.07, 6.45) is 3.14. The first-order valence-corrected chi connectivity index (χ1v) is 6.81. The van der Waals surface area contributed by atoms with Crippen LogP contribution in [0.1, 0.15) is 24.1 Å². The average Bonchev–Trinajstić information content (AvgIpc) is 2.45. The van der Waals surface area contributed by atoms with Crippen LogP contribution in [0.5, 0.6) is 0 Å². The number of benzene rings is 1. The molecule has 19 heavy (non-hydrogen) atoms. The molecule has 2 aliphatic rings. The van der Waals surface area contributed by atoms with Crippen molar-refractivity contribution in [1.82, 2.24) is 4.90 Å². The van der Waals surface area contributed by atoms with Crippen molar-refractivity contribution in [3.8, 4) is 0 Å². The SMILES string of the molecule is COC(=O)C1=CC(C)C2c3ccccc3CCN2C1. The molecule has 2 aliphatic heterocycles. The lowest BCUT2D eigenvalue weighted by Gasteiger charge is -2.43. The van der Waals surface area contributed by atoms with Crippen LogP contribution in [0.25, 0.3) is 0 Å². The van der Waals surface area contributed by atoms with Crippen LogP contribution in [0, 0.1) is 5.92 Å². The van der Waals surface area contributed by atoms with Crippen LogP contribution in [-0.4, -0.2) is 31.1 Å². The zero-order valence-electron chi connectivity index (χ0n) is 11.4. The van der Waals surface area contributed by atoms with Gasteiger partial charge >= 0.3 is 5.97 Å². The van der Waals surface area contributed by atoms with Gasteiger partial charge in [0.1, 0.15) is 0 Å². The van der Waals surface area contributed by atoms with Crippen molar-refractivity contribution in [1.29, 1.82) is 0 Å². The van der Waals surface area contributed by atoms with E-state index in [2.05, 4.69) is 42.2 Å². The van der Waals surface area contributed by atoms with Gasteiger partial charge in [0.25, 0.3) is 0 Å². The molecule has 3 heteroatoms. The summed E-state index contributed by atoms with van der Waals surface area (Å²) in [5, 5.41) is 0. The highest BCUT2D eigenvalue weighted by Gasteiger charge is 2.35.